The zero-order chi connectivity index (χ0) is 12.7. The van der Waals surface area contributed by atoms with Gasteiger partial charge in [0.2, 0.25) is 0 Å². The first kappa shape index (κ1) is 14.5. The average molecular weight is 258 g/mol. The maximum absolute atomic E-state index is 6.14. The predicted molar refractivity (Wildman–Crippen MR) is 73.1 cm³/mol. The highest BCUT2D eigenvalue weighted by Gasteiger charge is 2.14. The van der Waals surface area contributed by atoms with E-state index in [2.05, 4.69) is 12.0 Å². The van der Waals surface area contributed by atoms with Gasteiger partial charge in [-0.3, -0.25) is 4.68 Å². The van der Waals surface area contributed by atoms with Crippen LogP contribution >= 0.6 is 11.6 Å². The number of aromatic nitrogens is 2. The Balaban J connectivity index is 2.23. The molecule has 0 radical (unpaired) electrons. The monoisotopic (exact) mass is 257 g/mol. The van der Waals surface area contributed by atoms with Crippen LogP contribution in [0.3, 0.4) is 0 Å². The second-order valence-electron chi connectivity index (χ2n) is 4.66. The fraction of sp³-hybridized carbons (Fsp3) is 0.769. The Morgan fingerprint density at radius 3 is 2.53 bits per heavy atom. The summed E-state index contributed by atoms with van der Waals surface area (Å²) < 4.78 is 1.78. The Kier molecular flexibility index (Phi) is 6.60. The molecule has 0 aromatic carbocycles. The molecule has 17 heavy (non-hydrogen) atoms. The van der Waals surface area contributed by atoms with Crippen molar-refractivity contribution in [1.82, 2.24) is 9.78 Å². The number of aryl methyl sites for hydroxylation is 1. The molecule has 4 heteroatoms. The summed E-state index contributed by atoms with van der Waals surface area (Å²) in [5.41, 5.74) is 7.10. The van der Waals surface area contributed by atoms with E-state index in [-0.39, 0.29) is 6.04 Å². The molecule has 0 aliphatic carbocycles. The van der Waals surface area contributed by atoms with Crippen molar-refractivity contribution in [3.63, 3.8) is 0 Å². The first-order chi connectivity index (χ1) is 8.16. The molecular weight excluding hydrogens is 234 g/mol. The van der Waals surface area contributed by atoms with E-state index < -0.39 is 0 Å². The molecular formula is C13H24ClN3. The van der Waals surface area contributed by atoms with Crippen LogP contribution in [0, 0.1) is 0 Å². The summed E-state index contributed by atoms with van der Waals surface area (Å²) in [5.74, 6) is 0. The zero-order valence-corrected chi connectivity index (χ0v) is 11.7. The summed E-state index contributed by atoms with van der Waals surface area (Å²) in [5, 5.41) is 4.80. The van der Waals surface area contributed by atoms with E-state index in [4.69, 9.17) is 17.3 Å². The Hall–Kier alpha value is -0.540. The minimum Gasteiger partial charge on any atom is -0.323 e. The van der Waals surface area contributed by atoms with Gasteiger partial charge < -0.3 is 5.73 Å². The van der Waals surface area contributed by atoms with Crippen LogP contribution in [0.25, 0.3) is 0 Å². The van der Waals surface area contributed by atoms with Gasteiger partial charge in [0.15, 0.2) is 0 Å². The van der Waals surface area contributed by atoms with Crippen LogP contribution in [-0.4, -0.2) is 9.78 Å². The topological polar surface area (TPSA) is 43.8 Å². The number of unbranched alkanes of at least 4 members (excludes halogenated alkanes) is 5. The van der Waals surface area contributed by atoms with Gasteiger partial charge in [0.25, 0.3) is 0 Å². The van der Waals surface area contributed by atoms with Crippen molar-refractivity contribution < 1.29 is 0 Å². The summed E-state index contributed by atoms with van der Waals surface area (Å²) in [7, 11) is 1.89. The zero-order valence-electron chi connectivity index (χ0n) is 11.0. The number of hydrogen-bond acceptors (Lipinski definition) is 2. The standard InChI is InChI=1S/C13H24ClN3/c1-3-4-5-6-7-8-9-12(15)13-11(14)10-16-17(13)2/h10,12H,3-9,15H2,1-2H3. The van der Waals surface area contributed by atoms with Crippen LogP contribution in [0.5, 0.6) is 0 Å². The molecule has 2 N–H and O–H groups in total. The lowest BCUT2D eigenvalue weighted by Gasteiger charge is -2.12. The third kappa shape index (κ3) is 4.68. The molecule has 1 rings (SSSR count). The van der Waals surface area contributed by atoms with Crippen LogP contribution < -0.4 is 5.73 Å². The smallest absolute Gasteiger partial charge is 0.0833 e. The van der Waals surface area contributed by atoms with E-state index >= 15 is 0 Å². The molecule has 3 nitrogen and oxygen atoms in total. The Morgan fingerprint density at radius 1 is 1.29 bits per heavy atom. The molecule has 1 heterocycles. The second kappa shape index (κ2) is 7.72. The van der Waals surface area contributed by atoms with Gasteiger partial charge >= 0.3 is 0 Å². The van der Waals surface area contributed by atoms with Crippen LogP contribution in [0.15, 0.2) is 6.20 Å². The predicted octanol–water partition coefficient (Wildman–Crippen LogP) is 3.82. The van der Waals surface area contributed by atoms with Gasteiger partial charge in [0.05, 0.1) is 16.9 Å². The molecule has 0 aliphatic rings. The molecule has 0 amide bonds. The van der Waals surface area contributed by atoms with Crippen LogP contribution in [0.1, 0.15) is 63.6 Å². The highest BCUT2D eigenvalue weighted by atomic mass is 35.5. The number of rotatable bonds is 8. The molecule has 0 fully saturated rings. The average Bonchev–Trinajstić information content (AvgIpc) is 2.63. The lowest BCUT2D eigenvalue weighted by molar-refractivity contribution is 0.523. The first-order valence-corrected chi connectivity index (χ1v) is 6.97. The van der Waals surface area contributed by atoms with Gasteiger partial charge in [-0.25, -0.2) is 0 Å². The SMILES string of the molecule is CCCCCCCCC(N)c1c(Cl)cnn1C. The molecule has 1 aromatic heterocycles. The number of halogens is 1. The fourth-order valence-electron chi connectivity index (χ4n) is 2.12. The van der Waals surface area contributed by atoms with E-state index in [1.807, 2.05) is 7.05 Å². The summed E-state index contributed by atoms with van der Waals surface area (Å²) in [4.78, 5) is 0. The molecule has 1 unspecified atom stereocenters. The van der Waals surface area contributed by atoms with E-state index in [9.17, 15) is 0 Å². The van der Waals surface area contributed by atoms with Gasteiger partial charge in [0.1, 0.15) is 0 Å². The maximum Gasteiger partial charge on any atom is 0.0833 e. The summed E-state index contributed by atoms with van der Waals surface area (Å²) in [6.07, 6.45) is 10.4. The molecule has 0 bridgehead atoms. The van der Waals surface area contributed by atoms with Crippen molar-refractivity contribution in [2.75, 3.05) is 0 Å². The Bertz CT molecular complexity index is 303. The van der Waals surface area contributed by atoms with Crippen molar-refractivity contribution in [2.24, 2.45) is 12.8 Å². The molecule has 0 saturated heterocycles. The third-order valence-electron chi connectivity index (χ3n) is 3.16. The number of nitrogens with two attached hydrogens (primary N) is 1. The minimum atomic E-state index is 0.0150. The highest BCUT2D eigenvalue weighted by Crippen LogP contribution is 2.24. The van der Waals surface area contributed by atoms with Crippen molar-refractivity contribution in [3.05, 3.63) is 16.9 Å². The van der Waals surface area contributed by atoms with Gasteiger partial charge in [-0.1, -0.05) is 57.0 Å². The van der Waals surface area contributed by atoms with E-state index in [1.54, 1.807) is 10.9 Å². The van der Waals surface area contributed by atoms with Gasteiger partial charge in [-0.05, 0) is 6.42 Å². The van der Waals surface area contributed by atoms with Crippen molar-refractivity contribution in [2.45, 2.75) is 57.9 Å². The quantitative estimate of drug-likeness (QED) is 0.720. The van der Waals surface area contributed by atoms with Crippen LogP contribution in [0.4, 0.5) is 0 Å². The molecule has 0 saturated carbocycles. The first-order valence-electron chi connectivity index (χ1n) is 6.59. The Labute approximate surface area is 109 Å². The molecule has 98 valence electrons. The molecule has 1 atom stereocenters. The van der Waals surface area contributed by atoms with E-state index in [0.717, 1.165) is 12.1 Å². The Morgan fingerprint density at radius 2 is 1.94 bits per heavy atom. The largest absolute Gasteiger partial charge is 0.323 e. The van der Waals surface area contributed by atoms with Gasteiger partial charge in [0, 0.05) is 13.1 Å². The molecule has 0 aliphatic heterocycles. The van der Waals surface area contributed by atoms with E-state index in [0.29, 0.717) is 5.02 Å². The van der Waals surface area contributed by atoms with Crippen molar-refractivity contribution in [1.29, 1.82) is 0 Å². The van der Waals surface area contributed by atoms with Gasteiger partial charge in [-0.15, -0.1) is 0 Å². The van der Waals surface area contributed by atoms with Crippen molar-refractivity contribution >= 4 is 11.6 Å². The lowest BCUT2D eigenvalue weighted by atomic mass is 10.0. The normalized spacial score (nSPS) is 12.9. The van der Waals surface area contributed by atoms with E-state index in [1.165, 1.54) is 38.5 Å². The molecule has 1 aromatic rings. The number of nitrogens with zero attached hydrogens (tertiary/aromatic N) is 2. The highest BCUT2D eigenvalue weighted by molar-refractivity contribution is 6.31. The van der Waals surface area contributed by atoms with Crippen LogP contribution in [-0.2, 0) is 7.05 Å². The summed E-state index contributed by atoms with van der Waals surface area (Å²) in [6.45, 7) is 2.24. The summed E-state index contributed by atoms with van der Waals surface area (Å²) >= 11 is 6.06. The number of hydrogen-bond donors (Lipinski definition) is 1. The van der Waals surface area contributed by atoms with Crippen LogP contribution in [0.2, 0.25) is 5.02 Å². The maximum atomic E-state index is 6.14. The third-order valence-corrected chi connectivity index (χ3v) is 3.45. The lowest BCUT2D eigenvalue weighted by Crippen LogP contribution is -2.15. The molecule has 0 spiro atoms. The minimum absolute atomic E-state index is 0.0150. The van der Waals surface area contributed by atoms with Gasteiger partial charge in [-0.2, -0.15) is 5.10 Å². The summed E-state index contributed by atoms with van der Waals surface area (Å²) in [6, 6.07) is 0.0150. The van der Waals surface area contributed by atoms with Crippen molar-refractivity contribution in [3.8, 4) is 0 Å². The fourth-order valence-corrected chi connectivity index (χ4v) is 2.42. The second-order valence-corrected chi connectivity index (χ2v) is 5.07.